The van der Waals surface area contributed by atoms with Crippen LogP contribution in [-0.2, 0) is 9.59 Å². The van der Waals surface area contributed by atoms with Crippen molar-refractivity contribution in [2.45, 2.75) is 12.8 Å². The summed E-state index contributed by atoms with van der Waals surface area (Å²) in [5.74, 6) is -1.76. The average Bonchev–Trinajstić information content (AvgIpc) is 2.34. The zero-order valence-corrected chi connectivity index (χ0v) is 10.2. The molecular weight excluding hydrogens is 258 g/mol. The Hall–Kier alpha value is -1.88. The highest BCUT2D eigenvalue weighted by atomic mass is 35.5. The van der Waals surface area contributed by atoms with Gasteiger partial charge in [-0.15, -0.1) is 0 Å². The number of carboxylic acids is 1. The third-order valence-corrected chi connectivity index (χ3v) is 2.43. The smallest absolute Gasteiger partial charge is 0.303 e. The van der Waals surface area contributed by atoms with Crippen LogP contribution < -0.4 is 5.32 Å². The van der Waals surface area contributed by atoms with Crippen molar-refractivity contribution in [2.24, 2.45) is 0 Å². The molecule has 0 radical (unpaired) electrons. The van der Waals surface area contributed by atoms with Crippen LogP contribution in [0.2, 0.25) is 5.02 Å². The van der Waals surface area contributed by atoms with Crippen molar-refractivity contribution in [1.29, 1.82) is 0 Å². The molecule has 0 atom stereocenters. The lowest BCUT2D eigenvalue weighted by molar-refractivity contribution is -0.138. The van der Waals surface area contributed by atoms with E-state index in [1.54, 1.807) is 24.3 Å². The molecule has 0 heterocycles. The van der Waals surface area contributed by atoms with E-state index in [-0.39, 0.29) is 25.2 Å². The minimum atomic E-state index is -1.05. The Morgan fingerprint density at radius 3 is 2.28 bits per heavy atom. The van der Waals surface area contributed by atoms with E-state index >= 15 is 0 Å². The molecule has 0 spiro atoms. The third-order valence-electron chi connectivity index (χ3n) is 2.18. The standard InChI is InChI=1S/C12H12ClNO4/c13-9-3-1-8(2-4-9)10(15)7-14-11(16)5-6-12(17)18/h1-4H,5-7H2,(H,14,16)(H,17,18). The van der Waals surface area contributed by atoms with Crippen LogP contribution in [0.5, 0.6) is 0 Å². The number of ketones is 1. The van der Waals surface area contributed by atoms with Crippen molar-refractivity contribution in [3.05, 3.63) is 34.9 Å². The number of amides is 1. The molecule has 2 N–H and O–H groups in total. The predicted octanol–water partition coefficient (Wildman–Crippen LogP) is 1.50. The summed E-state index contributed by atoms with van der Waals surface area (Å²) in [6.45, 7) is -0.153. The predicted molar refractivity (Wildman–Crippen MR) is 65.7 cm³/mol. The second-order valence-electron chi connectivity index (χ2n) is 3.60. The molecule has 1 aromatic rings. The number of hydrogen-bond donors (Lipinski definition) is 2. The molecule has 6 heteroatoms. The summed E-state index contributed by atoms with van der Waals surface area (Å²) in [4.78, 5) is 33.0. The van der Waals surface area contributed by atoms with E-state index in [1.807, 2.05) is 0 Å². The number of halogens is 1. The first-order valence-corrected chi connectivity index (χ1v) is 5.64. The molecule has 0 aliphatic carbocycles. The monoisotopic (exact) mass is 269 g/mol. The number of nitrogens with one attached hydrogen (secondary N) is 1. The van der Waals surface area contributed by atoms with Gasteiger partial charge in [-0.1, -0.05) is 11.6 Å². The van der Waals surface area contributed by atoms with Gasteiger partial charge in [-0.25, -0.2) is 0 Å². The van der Waals surface area contributed by atoms with E-state index < -0.39 is 11.9 Å². The van der Waals surface area contributed by atoms with Gasteiger partial charge in [0, 0.05) is 17.0 Å². The molecule has 18 heavy (non-hydrogen) atoms. The van der Waals surface area contributed by atoms with Crippen LogP contribution in [0.1, 0.15) is 23.2 Å². The van der Waals surface area contributed by atoms with Crippen molar-refractivity contribution in [3.8, 4) is 0 Å². The first-order chi connectivity index (χ1) is 8.49. The molecule has 0 aliphatic heterocycles. The Bertz CT molecular complexity index is 456. The van der Waals surface area contributed by atoms with Crippen LogP contribution >= 0.6 is 11.6 Å². The van der Waals surface area contributed by atoms with Gasteiger partial charge in [0.15, 0.2) is 5.78 Å². The lowest BCUT2D eigenvalue weighted by Crippen LogP contribution is -2.29. The van der Waals surface area contributed by atoms with Crippen LogP contribution in [-0.4, -0.2) is 29.3 Å². The van der Waals surface area contributed by atoms with Gasteiger partial charge in [0.25, 0.3) is 0 Å². The summed E-state index contributed by atoms with van der Waals surface area (Å²) in [6, 6.07) is 6.30. The number of aliphatic carboxylic acids is 1. The molecule has 0 fully saturated rings. The Balaban J connectivity index is 2.39. The molecule has 0 saturated heterocycles. The molecule has 0 bridgehead atoms. The summed E-state index contributed by atoms with van der Waals surface area (Å²) in [7, 11) is 0. The fraction of sp³-hybridized carbons (Fsp3) is 0.250. The maximum Gasteiger partial charge on any atom is 0.303 e. The van der Waals surface area contributed by atoms with Gasteiger partial charge >= 0.3 is 5.97 Å². The lowest BCUT2D eigenvalue weighted by atomic mass is 10.1. The van der Waals surface area contributed by atoms with Gasteiger partial charge in [0.1, 0.15) is 0 Å². The highest BCUT2D eigenvalue weighted by Gasteiger charge is 2.09. The SMILES string of the molecule is O=C(O)CCC(=O)NCC(=O)c1ccc(Cl)cc1. The van der Waals surface area contributed by atoms with Crippen LogP contribution in [0.15, 0.2) is 24.3 Å². The van der Waals surface area contributed by atoms with Crippen LogP contribution in [0.3, 0.4) is 0 Å². The molecule has 96 valence electrons. The number of benzene rings is 1. The van der Waals surface area contributed by atoms with Crippen molar-refractivity contribution in [2.75, 3.05) is 6.54 Å². The lowest BCUT2D eigenvalue weighted by Gasteiger charge is -2.03. The highest BCUT2D eigenvalue weighted by Crippen LogP contribution is 2.09. The summed E-state index contributed by atoms with van der Waals surface area (Å²) < 4.78 is 0. The first kappa shape index (κ1) is 14.2. The van der Waals surface area contributed by atoms with Gasteiger partial charge in [0.2, 0.25) is 5.91 Å². The second kappa shape index (κ2) is 6.76. The Kier molecular flexibility index (Phi) is 5.32. The topological polar surface area (TPSA) is 83.5 Å². The van der Waals surface area contributed by atoms with E-state index in [0.29, 0.717) is 10.6 Å². The molecule has 1 aromatic carbocycles. The minimum absolute atomic E-state index is 0.136. The molecule has 5 nitrogen and oxygen atoms in total. The van der Waals surface area contributed by atoms with Crippen molar-refractivity contribution >= 4 is 29.3 Å². The fourth-order valence-corrected chi connectivity index (χ4v) is 1.35. The second-order valence-corrected chi connectivity index (χ2v) is 4.04. The summed E-state index contributed by atoms with van der Waals surface area (Å²) in [6.07, 6.45) is -0.385. The number of carboxylic acid groups (broad SMARTS) is 1. The van der Waals surface area contributed by atoms with Crippen LogP contribution in [0.4, 0.5) is 0 Å². The van der Waals surface area contributed by atoms with Crippen molar-refractivity contribution in [1.82, 2.24) is 5.32 Å². The Morgan fingerprint density at radius 2 is 1.72 bits per heavy atom. The zero-order valence-electron chi connectivity index (χ0n) is 9.48. The van der Waals surface area contributed by atoms with Gasteiger partial charge in [-0.3, -0.25) is 14.4 Å². The van der Waals surface area contributed by atoms with Gasteiger partial charge < -0.3 is 10.4 Å². The van der Waals surface area contributed by atoms with Gasteiger partial charge in [0.05, 0.1) is 13.0 Å². The molecule has 1 amide bonds. The van der Waals surface area contributed by atoms with Crippen molar-refractivity contribution in [3.63, 3.8) is 0 Å². The van der Waals surface area contributed by atoms with E-state index in [1.165, 1.54) is 0 Å². The quantitative estimate of drug-likeness (QED) is 0.767. The number of Topliss-reactive ketones (excluding diaryl/α,β-unsaturated/α-hetero) is 1. The normalized spacial score (nSPS) is 9.83. The average molecular weight is 270 g/mol. The minimum Gasteiger partial charge on any atom is -0.481 e. The van der Waals surface area contributed by atoms with Crippen LogP contribution in [0.25, 0.3) is 0 Å². The number of hydrogen-bond acceptors (Lipinski definition) is 3. The first-order valence-electron chi connectivity index (χ1n) is 5.26. The van der Waals surface area contributed by atoms with E-state index in [0.717, 1.165) is 0 Å². The molecule has 0 unspecified atom stereocenters. The maximum absolute atomic E-state index is 11.6. The summed E-state index contributed by atoms with van der Waals surface area (Å²) >= 11 is 5.68. The summed E-state index contributed by atoms with van der Waals surface area (Å²) in [5.41, 5.74) is 0.443. The van der Waals surface area contributed by atoms with Gasteiger partial charge in [-0.2, -0.15) is 0 Å². The Labute approximate surface area is 109 Å². The molecule has 1 rings (SSSR count). The van der Waals surface area contributed by atoms with Gasteiger partial charge in [-0.05, 0) is 24.3 Å². The zero-order chi connectivity index (χ0) is 13.5. The Morgan fingerprint density at radius 1 is 1.11 bits per heavy atom. The van der Waals surface area contributed by atoms with Crippen LogP contribution in [0, 0.1) is 0 Å². The number of carbonyl (C=O) groups is 3. The molecular formula is C12H12ClNO4. The number of rotatable bonds is 6. The largest absolute Gasteiger partial charge is 0.481 e. The third kappa shape index (κ3) is 4.97. The molecule has 0 aliphatic rings. The van der Waals surface area contributed by atoms with E-state index in [4.69, 9.17) is 16.7 Å². The van der Waals surface area contributed by atoms with E-state index in [9.17, 15) is 14.4 Å². The highest BCUT2D eigenvalue weighted by molar-refractivity contribution is 6.30. The summed E-state index contributed by atoms with van der Waals surface area (Å²) in [5, 5.41) is 11.3. The van der Waals surface area contributed by atoms with Crippen molar-refractivity contribution < 1.29 is 19.5 Å². The fourth-order valence-electron chi connectivity index (χ4n) is 1.23. The van der Waals surface area contributed by atoms with E-state index in [2.05, 4.69) is 5.32 Å². The number of carbonyl (C=O) groups excluding carboxylic acids is 2. The maximum atomic E-state index is 11.6. The molecule has 0 aromatic heterocycles. The molecule has 0 saturated carbocycles.